The molecule has 0 saturated heterocycles. The zero-order chi connectivity index (χ0) is 36.1. The van der Waals surface area contributed by atoms with Crippen LogP contribution in [0.15, 0.2) is 89.8 Å². The number of aryl methyl sites for hydroxylation is 1. The molecular weight excluding hydrogens is 673 g/mol. The van der Waals surface area contributed by atoms with Gasteiger partial charge in [0.25, 0.3) is 0 Å². The number of benzene rings is 4. The Kier molecular flexibility index (Phi) is 7.83. The summed E-state index contributed by atoms with van der Waals surface area (Å²) in [6.45, 7) is 5.25. The second-order valence-corrected chi connectivity index (χ2v) is 17.9. The van der Waals surface area contributed by atoms with E-state index < -0.39 is 33.3 Å². The normalized spacial score (nSPS) is 29.4. The van der Waals surface area contributed by atoms with E-state index in [1.54, 1.807) is 20.8 Å². The van der Waals surface area contributed by atoms with Gasteiger partial charge in [-0.25, -0.2) is 8.42 Å². The van der Waals surface area contributed by atoms with Crippen LogP contribution in [0.5, 0.6) is 11.5 Å². The highest BCUT2D eigenvalue weighted by Crippen LogP contribution is 2.64. The molecule has 7 aliphatic carbocycles. The van der Waals surface area contributed by atoms with E-state index in [1.807, 2.05) is 48.5 Å². The molecule has 0 spiro atoms. The van der Waals surface area contributed by atoms with E-state index in [2.05, 4.69) is 24.3 Å². The van der Waals surface area contributed by atoms with E-state index in [-0.39, 0.29) is 34.4 Å². The van der Waals surface area contributed by atoms with E-state index in [9.17, 15) is 22.6 Å². The van der Waals surface area contributed by atoms with Gasteiger partial charge in [-0.3, -0.25) is 9.59 Å². The first-order valence-corrected chi connectivity index (χ1v) is 20.1. The average Bonchev–Trinajstić information content (AvgIpc) is 3.11. The van der Waals surface area contributed by atoms with E-state index in [0.717, 1.165) is 47.1 Å². The molecule has 0 amide bonds. The third-order valence-corrected chi connectivity index (χ3v) is 14.0. The highest BCUT2D eigenvalue weighted by atomic mass is 32.2. The van der Waals surface area contributed by atoms with Crippen LogP contribution in [-0.4, -0.2) is 24.9 Å². The third-order valence-electron chi connectivity index (χ3n) is 13.1. The molecular formula is C44H43O7S-. The van der Waals surface area contributed by atoms with Crippen molar-refractivity contribution in [2.45, 2.75) is 87.9 Å². The van der Waals surface area contributed by atoms with Gasteiger partial charge in [-0.05, 0) is 126 Å². The van der Waals surface area contributed by atoms with Crippen LogP contribution in [0.25, 0.3) is 0 Å². The lowest BCUT2D eigenvalue weighted by molar-refractivity contribution is -0.161. The summed E-state index contributed by atoms with van der Waals surface area (Å²) in [7, 11) is -4.75. The van der Waals surface area contributed by atoms with Gasteiger partial charge >= 0.3 is 11.9 Å². The minimum absolute atomic E-state index is 0.134. The van der Waals surface area contributed by atoms with Gasteiger partial charge in [0.2, 0.25) is 0 Å². The first kappa shape index (κ1) is 33.6. The molecule has 8 heteroatoms. The number of hydrogen-bond acceptors (Lipinski definition) is 7. The van der Waals surface area contributed by atoms with E-state index in [0.29, 0.717) is 34.6 Å². The average molecular weight is 716 g/mol. The van der Waals surface area contributed by atoms with Crippen molar-refractivity contribution in [3.63, 3.8) is 0 Å². The monoisotopic (exact) mass is 715 g/mol. The molecule has 52 heavy (non-hydrogen) atoms. The summed E-state index contributed by atoms with van der Waals surface area (Å²) < 4.78 is 49.5. The second-order valence-electron chi connectivity index (χ2n) is 16.6. The molecule has 7 nitrogen and oxygen atoms in total. The topological polar surface area (TPSA) is 110 Å². The first-order valence-electron chi connectivity index (χ1n) is 18.7. The van der Waals surface area contributed by atoms with E-state index >= 15 is 0 Å². The fourth-order valence-corrected chi connectivity index (χ4v) is 12.3. The molecule has 0 heterocycles. The number of fused-ring (bicyclic) bond motifs is 1. The van der Waals surface area contributed by atoms with Gasteiger partial charge in [-0.1, -0.05) is 80.6 Å². The Morgan fingerprint density at radius 2 is 1.21 bits per heavy atom. The largest absolute Gasteiger partial charge is 0.744 e. The molecule has 0 radical (unpaired) electrons. The van der Waals surface area contributed by atoms with Gasteiger partial charge < -0.3 is 14.0 Å². The molecule has 11 rings (SSSR count). The predicted molar refractivity (Wildman–Crippen MR) is 194 cm³/mol. The van der Waals surface area contributed by atoms with E-state index in [4.69, 9.17) is 9.47 Å². The van der Waals surface area contributed by atoms with Gasteiger partial charge in [-0.2, -0.15) is 0 Å². The van der Waals surface area contributed by atoms with Crippen molar-refractivity contribution in [2.75, 3.05) is 0 Å². The van der Waals surface area contributed by atoms with E-state index in [1.165, 1.54) is 31.4 Å². The minimum atomic E-state index is -4.75. The van der Waals surface area contributed by atoms with Crippen LogP contribution < -0.4 is 9.47 Å². The molecule has 4 saturated carbocycles. The molecule has 0 aromatic heterocycles. The van der Waals surface area contributed by atoms with Gasteiger partial charge in [0, 0.05) is 17.8 Å². The summed E-state index contributed by atoms with van der Waals surface area (Å²) in [6.07, 6.45) is 6.37. The maximum Gasteiger partial charge on any atom is 0.317 e. The Morgan fingerprint density at radius 3 is 1.73 bits per heavy atom. The standard InChI is InChI=1S/C44H44O7S/c1-24(2)34-20-36(25(3)16-37(34)52(47,48)49)50-42(45)41-39-31-12-6-4-10-29(31)38(30-11-5-7-13-32(30)39)40(41)33-14-8-9-15-35(33)51-43(46)44-21-26-17-27(22-44)19-28(18-26)23-44/h4-16,20,24,26-28,38-41H,17-19,21-23H2,1-3H3,(H,47,48,49)/p-1. The Bertz CT molecular complexity index is 2150. The number of esters is 2. The fourth-order valence-electron chi connectivity index (χ4n) is 11.4. The molecule has 0 aliphatic heterocycles. The number of ether oxygens (including phenoxy) is 2. The van der Waals surface area contributed by atoms with Crippen LogP contribution in [0.4, 0.5) is 0 Å². The lowest BCUT2D eigenvalue weighted by atomic mass is 9.49. The molecule has 268 valence electrons. The maximum absolute atomic E-state index is 14.9. The Morgan fingerprint density at radius 1 is 0.712 bits per heavy atom. The van der Waals surface area contributed by atoms with Crippen LogP contribution in [-0.2, 0) is 19.7 Å². The lowest BCUT2D eigenvalue weighted by Gasteiger charge is -2.55. The predicted octanol–water partition coefficient (Wildman–Crippen LogP) is 8.74. The molecule has 2 unspecified atom stereocenters. The summed E-state index contributed by atoms with van der Waals surface area (Å²) in [5.74, 6) is -0.0542. The maximum atomic E-state index is 14.9. The highest BCUT2D eigenvalue weighted by Gasteiger charge is 2.57. The van der Waals surface area contributed by atoms with Crippen LogP contribution in [0.1, 0.15) is 115 Å². The van der Waals surface area contributed by atoms with Crippen molar-refractivity contribution in [1.29, 1.82) is 0 Å². The van der Waals surface area contributed by atoms with Crippen molar-refractivity contribution in [3.05, 3.63) is 124 Å². The third kappa shape index (κ3) is 5.27. The summed E-state index contributed by atoms with van der Waals surface area (Å²) >= 11 is 0. The zero-order valence-corrected chi connectivity index (χ0v) is 30.5. The Hall–Kier alpha value is -4.27. The Balaban J connectivity index is 1.15. The summed E-state index contributed by atoms with van der Waals surface area (Å²) in [5, 5.41) is 0. The van der Waals surface area contributed by atoms with Crippen molar-refractivity contribution in [2.24, 2.45) is 29.1 Å². The number of carbonyl (C=O) groups excluding carboxylic acids is 2. The quantitative estimate of drug-likeness (QED) is 0.107. The Labute approximate surface area is 305 Å². The molecule has 0 N–H and O–H groups in total. The summed E-state index contributed by atoms with van der Waals surface area (Å²) in [6, 6.07) is 27.1. The van der Waals surface area contributed by atoms with Crippen molar-refractivity contribution in [3.8, 4) is 11.5 Å². The van der Waals surface area contributed by atoms with Gasteiger partial charge in [0.05, 0.1) is 16.2 Å². The molecule has 2 atom stereocenters. The number of hydrogen-bond donors (Lipinski definition) is 0. The summed E-state index contributed by atoms with van der Waals surface area (Å²) in [5.41, 5.74) is 5.48. The van der Waals surface area contributed by atoms with Gasteiger partial charge in [-0.15, -0.1) is 0 Å². The number of carbonyl (C=O) groups is 2. The molecule has 4 aromatic carbocycles. The summed E-state index contributed by atoms with van der Waals surface area (Å²) in [4.78, 5) is 29.0. The second kappa shape index (κ2) is 12.1. The van der Waals surface area contributed by atoms with Crippen molar-refractivity contribution < 1.29 is 32.0 Å². The van der Waals surface area contributed by atoms with Gasteiger partial charge in [0.1, 0.15) is 21.6 Å². The number of rotatable bonds is 7. The molecule has 6 bridgehead atoms. The van der Waals surface area contributed by atoms with Crippen LogP contribution in [0, 0.1) is 36.0 Å². The number of para-hydroxylation sites is 1. The van der Waals surface area contributed by atoms with Crippen LogP contribution >= 0.6 is 0 Å². The molecule has 7 aliphatic rings. The SMILES string of the molecule is Cc1cc(S(=O)(=O)[O-])c(C(C)C)cc1OC(=O)C1C2c3ccccc3C(c3ccccc32)C1c1ccccc1OC(=O)C12CC3CC(CC(C3)C1)C2. The van der Waals surface area contributed by atoms with Crippen LogP contribution in [0.3, 0.4) is 0 Å². The van der Waals surface area contributed by atoms with Crippen molar-refractivity contribution >= 4 is 22.1 Å². The minimum Gasteiger partial charge on any atom is -0.744 e. The first-order chi connectivity index (χ1) is 24.9. The van der Waals surface area contributed by atoms with Crippen LogP contribution in [0.2, 0.25) is 0 Å². The van der Waals surface area contributed by atoms with Gasteiger partial charge in [0.15, 0.2) is 0 Å². The molecule has 4 aromatic rings. The molecule has 4 fully saturated rings. The smallest absolute Gasteiger partial charge is 0.317 e. The zero-order valence-electron chi connectivity index (χ0n) is 29.7. The highest BCUT2D eigenvalue weighted by molar-refractivity contribution is 7.85. The lowest BCUT2D eigenvalue weighted by Crippen LogP contribution is -2.51. The fraction of sp³-hybridized carbons (Fsp3) is 0.409. The van der Waals surface area contributed by atoms with Crippen molar-refractivity contribution in [1.82, 2.24) is 0 Å².